The molecule has 0 radical (unpaired) electrons. The lowest BCUT2D eigenvalue weighted by atomic mass is 10.3. The maximum atomic E-state index is 5.61. The monoisotopic (exact) mass is 256 g/mol. The molecule has 92 valence electrons. The molecule has 6 heteroatoms. The van der Waals surface area contributed by atoms with Gasteiger partial charge < -0.3 is 18.5 Å². The molecule has 0 rings (SSSR count). The van der Waals surface area contributed by atoms with E-state index in [1.807, 2.05) is 20.8 Å². The molecule has 0 bridgehead atoms. The fourth-order valence-corrected chi connectivity index (χ4v) is 1.64. The van der Waals surface area contributed by atoms with Crippen LogP contribution in [0.4, 0.5) is 0 Å². The molecule has 0 heterocycles. The van der Waals surface area contributed by atoms with Crippen molar-refractivity contribution in [2.75, 3.05) is 19.8 Å². The Morgan fingerprint density at radius 2 is 1.27 bits per heavy atom. The van der Waals surface area contributed by atoms with Crippen molar-refractivity contribution in [3.05, 3.63) is 0 Å². The summed E-state index contributed by atoms with van der Waals surface area (Å²) in [6, 6.07) is 0. The summed E-state index contributed by atoms with van der Waals surface area (Å²) in [6.07, 6.45) is 0.225. The second kappa shape index (κ2) is 9.89. The van der Waals surface area contributed by atoms with Gasteiger partial charge in [0.1, 0.15) is 0 Å². The Morgan fingerprint density at radius 3 is 1.80 bits per heavy atom. The van der Waals surface area contributed by atoms with E-state index >= 15 is 0 Å². The van der Waals surface area contributed by atoms with E-state index < -0.39 is 0 Å². The smallest absolute Gasteiger partial charge is 0.0788 e. The fourth-order valence-electron chi connectivity index (χ4n) is 1.09. The van der Waals surface area contributed by atoms with Crippen LogP contribution < -0.4 is 0 Å². The van der Waals surface area contributed by atoms with E-state index in [0.717, 1.165) is 0 Å². The Labute approximate surface area is 96.9 Å². The third-order valence-electron chi connectivity index (χ3n) is 1.74. The van der Waals surface area contributed by atoms with E-state index in [1.165, 1.54) is 0 Å². The van der Waals surface area contributed by atoms with Crippen molar-refractivity contribution in [2.45, 2.75) is 39.1 Å². The minimum Gasteiger partial charge on any atom is -0.373 e. The third kappa shape index (κ3) is 9.62. The van der Waals surface area contributed by atoms with Gasteiger partial charge in [-0.1, -0.05) is 0 Å². The van der Waals surface area contributed by atoms with Gasteiger partial charge in [-0.25, -0.2) is 0 Å². The van der Waals surface area contributed by atoms with Crippen LogP contribution in [0, 0.1) is 0 Å². The first-order chi connectivity index (χ1) is 7.10. The van der Waals surface area contributed by atoms with E-state index in [1.54, 1.807) is 0 Å². The van der Waals surface area contributed by atoms with Crippen LogP contribution in [0.5, 0.6) is 0 Å². The quantitative estimate of drug-likeness (QED) is 0.589. The zero-order chi connectivity index (χ0) is 11.7. The first-order valence-electron chi connectivity index (χ1n) is 5.00. The van der Waals surface area contributed by atoms with Crippen molar-refractivity contribution in [3.8, 4) is 0 Å². The molecule has 0 amide bonds. The summed E-state index contributed by atoms with van der Waals surface area (Å²) < 4.78 is 20.9. The molecule has 0 saturated heterocycles. The maximum absolute atomic E-state index is 5.61. The summed E-state index contributed by atoms with van der Waals surface area (Å²) in [5.74, 6) is 0. The van der Waals surface area contributed by atoms with Crippen LogP contribution in [-0.2, 0) is 18.5 Å². The van der Waals surface area contributed by atoms with E-state index in [0.29, 0.717) is 19.8 Å². The Kier molecular flexibility index (Phi) is 10.4. The molecule has 0 aliphatic heterocycles. The predicted molar refractivity (Wildman–Crippen MR) is 66.7 cm³/mol. The Morgan fingerprint density at radius 1 is 0.800 bits per heavy atom. The van der Waals surface area contributed by atoms with Gasteiger partial charge in [0, 0.05) is 18.9 Å². The van der Waals surface area contributed by atoms with Gasteiger partial charge in [-0.3, -0.25) is 0 Å². The minimum atomic E-state index is 0.0621. The lowest BCUT2D eigenvalue weighted by Crippen LogP contribution is -2.27. The molecular weight excluding hydrogens is 234 g/mol. The van der Waals surface area contributed by atoms with Gasteiger partial charge >= 0.3 is 0 Å². The summed E-state index contributed by atoms with van der Waals surface area (Å²) in [7, 11) is 4.42. The lowest BCUT2D eigenvalue weighted by molar-refractivity contribution is -0.0726. The highest BCUT2D eigenvalue weighted by atomic mass is 31.0. The topological polar surface area (TPSA) is 36.9 Å². The molecule has 0 aliphatic rings. The van der Waals surface area contributed by atoms with E-state index in [9.17, 15) is 0 Å². The van der Waals surface area contributed by atoms with Gasteiger partial charge in [-0.05, 0) is 20.8 Å². The number of rotatable bonds is 9. The normalized spacial score (nSPS) is 17.4. The number of hydrogen-bond donors (Lipinski definition) is 0. The van der Waals surface area contributed by atoms with Crippen molar-refractivity contribution in [2.24, 2.45) is 0 Å². The first-order valence-corrected chi connectivity index (χ1v) is 5.94. The van der Waals surface area contributed by atoms with E-state index in [4.69, 9.17) is 18.5 Å². The molecule has 0 aromatic rings. The van der Waals surface area contributed by atoms with Crippen molar-refractivity contribution < 1.29 is 18.5 Å². The van der Waals surface area contributed by atoms with Crippen molar-refractivity contribution in [3.63, 3.8) is 0 Å². The summed E-state index contributed by atoms with van der Waals surface area (Å²) in [6.45, 7) is 7.62. The summed E-state index contributed by atoms with van der Waals surface area (Å²) in [4.78, 5) is 0. The molecule has 0 aliphatic carbocycles. The van der Waals surface area contributed by atoms with E-state index in [-0.39, 0.29) is 18.3 Å². The SMILES string of the molecule is CC(COP)OCC(C)OC(C)COP. The van der Waals surface area contributed by atoms with Crippen LogP contribution in [0.3, 0.4) is 0 Å². The molecule has 0 saturated carbocycles. The van der Waals surface area contributed by atoms with Crippen LogP contribution in [0.25, 0.3) is 0 Å². The third-order valence-corrected chi connectivity index (χ3v) is 2.13. The van der Waals surface area contributed by atoms with Gasteiger partial charge in [0.2, 0.25) is 0 Å². The molecule has 4 nitrogen and oxygen atoms in total. The number of hydrogen-bond acceptors (Lipinski definition) is 4. The maximum Gasteiger partial charge on any atom is 0.0788 e. The molecule has 0 N–H and O–H groups in total. The first kappa shape index (κ1) is 15.7. The van der Waals surface area contributed by atoms with Crippen LogP contribution >= 0.6 is 18.9 Å². The molecule has 5 atom stereocenters. The lowest BCUT2D eigenvalue weighted by Gasteiger charge is -2.20. The predicted octanol–water partition coefficient (Wildman–Crippen LogP) is 1.80. The molecule has 0 aromatic heterocycles. The van der Waals surface area contributed by atoms with Crippen LogP contribution in [-0.4, -0.2) is 38.1 Å². The minimum absolute atomic E-state index is 0.0621. The van der Waals surface area contributed by atoms with Crippen LogP contribution in [0.15, 0.2) is 0 Å². The molecule has 0 aromatic carbocycles. The second-order valence-electron chi connectivity index (χ2n) is 3.57. The summed E-state index contributed by atoms with van der Waals surface area (Å²) in [5, 5.41) is 0. The highest BCUT2D eigenvalue weighted by Crippen LogP contribution is 2.03. The Balaban J connectivity index is 3.51. The second-order valence-corrected chi connectivity index (χ2v) is 4.23. The van der Waals surface area contributed by atoms with Crippen LogP contribution in [0.2, 0.25) is 0 Å². The zero-order valence-electron chi connectivity index (χ0n) is 9.64. The Bertz CT molecular complexity index is 148. The van der Waals surface area contributed by atoms with E-state index in [2.05, 4.69) is 18.9 Å². The average molecular weight is 256 g/mol. The molecule has 0 spiro atoms. The van der Waals surface area contributed by atoms with Crippen molar-refractivity contribution >= 4 is 18.9 Å². The Hall–Kier alpha value is 0.700. The molecule has 0 fully saturated rings. The molecular formula is C9H22O4P2. The zero-order valence-corrected chi connectivity index (χ0v) is 12.0. The summed E-state index contributed by atoms with van der Waals surface area (Å²) >= 11 is 0. The van der Waals surface area contributed by atoms with Crippen molar-refractivity contribution in [1.82, 2.24) is 0 Å². The summed E-state index contributed by atoms with van der Waals surface area (Å²) in [5.41, 5.74) is 0. The van der Waals surface area contributed by atoms with Gasteiger partial charge in [0.15, 0.2) is 0 Å². The number of ether oxygens (including phenoxy) is 2. The highest BCUT2D eigenvalue weighted by molar-refractivity contribution is 7.10. The van der Waals surface area contributed by atoms with Gasteiger partial charge in [-0.2, -0.15) is 0 Å². The van der Waals surface area contributed by atoms with Gasteiger partial charge in [0.05, 0.1) is 38.1 Å². The molecule has 15 heavy (non-hydrogen) atoms. The highest BCUT2D eigenvalue weighted by Gasteiger charge is 2.10. The molecule has 5 unspecified atom stereocenters. The standard InChI is InChI=1S/C9H22O4P2/c1-7(5-11-14)10-4-8(2)13-9(3)6-12-15/h7-9H,4-6,14-15H2,1-3H3. The largest absolute Gasteiger partial charge is 0.373 e. The van der Waals surface area contributed by atoms with Gasteiger partial charge in [-0.15, -0.1) is 0 Å². The van der Waals surface area contributed by atoms with Crippen LogP contribution in [0.1, 0.15) is 20.8 Å². The van der Waals surface area contributed by atoms with Crippen molar-refractivity contribution in [1.29, 1.82) is 0 Å². The fraction of sp³-hybridized carbons (Fsp3) is 1.00. The average Bonchev–Trinajstić information content (AvgIpc) is 2.15. The van der Waals surface area contributed by atoms with Gasteiger partial charge in [0.25, 0.3) is 0 Å².